The number of aryl methyl sites for hydroxylation is 2. The van der Waals surface area contributed by atoms with Crippen LogP contribution in [0.4, 0.5) is 5.69 Å². The van der Waals surface area contributed by atoms with Crippen molar-refractivity contribution in [3.8, 4) is 0 Å². The highest BCUT2D eigenvalue weighted by atomic mass is 79.9. The average molecular weight is 324 g/mol. The van der Waals surface area contributed by atoms with Gasteiger partial charge in [0, 0.05) is 22.3 Å². The van der Waals surface area contributed by atoms with Crippen LogP contribution in [0.5, 0.6) is 0 Å². The molecule has 100 valence electrons. The fourth-order valence-electron chi connectivity index (χ4n) is 1.78. The highest BCUT2D eigenvalue weighted by molar-refractivity contribution is 9.10. The van der Waals surface area contributed by atoms with Crippen LogP contribution in [0.3, 0.4) is 0 Å². The minimum Gasteiger partial charge on any atom is -0.475 e. The minimum atomic E-state index is -1.05. The normalized spacial score (nSPS) is 10.5. The summed E-state index contributed by atoms with van der Waals surface area (Å²) in [5, 5.41) is 12.1. The van der Waals surface area contributed by atoms with Gasteiger partial charge in [-0.3, -0.25) is 0 Å². The van der Waals surface area contributed by atoms with E-state index < -0.39 is 5.97 Å². The van der Waals surface area contributed by atoms with Crippen LogP contribution in [0.2, 0.25) is 0 Å². The predicted octanol–water partition coefficient (Wildman–Crippen LogP) is 3.97. The summed E-state index contributed by atoms with van der Waals surface area (Å²) in [5.41, 5.74) is 2.95. The number of benzene rings is 1. The molecule has 1 heterocycles. The van der Waals surface area contributed by atoms with Crippen LogP contribution in [0, 0.1) is 13.8 Å². The van der Waals surface area contributed by atoms with Gasteiger partial charge in [0.05, 0.1) is 0 Å². The van der Waals surface area contributed by atoms with Crippen molar-refractivity contribution in [1.82, 2.24) is 0 Å². The number of carboxylic acid groups (broad SMARTS) is 1. The maximum Gasteiger partial charge on any atom is 0.371 e. The number of carbonyl (C=O) groups is 1. The van der Waals surface area contributed by atoms with Crippen molar-refractivity contribution in [2.24, 2.45) is 0 Å². The van der Waals surface area contributed by atoms with Crippen molar-refractivity contribution in [2.45, 2.75) is 20.4 Å². The first-order valence-electron chi connectivity index (χ1n) is 5.80. The first-order valence-corrected chi connectivity index (χ1v) is 6.60. The lowest BCUT2D eigenvalue weighted by atomic mass is 10.2. The second kappa shape index (κ2) is 5.48. The Hall–Kier alpha value is -1.75. The van der Waals surface area contributed by atoms with Crippen LogP contribution in [0.15, 0.2) is 33.2 Å². The summed E-state index contributed by atoms with van der Waals surface area (Å²) in [6.07, 6.45) is 0. The number of carboxylic acids is 1. The van der Waals surface area contributed by atoms with Crippen LogP contribution in [0.25, 0.3) is 0 Å². The molecular formula is C14H14BrNO3. The van der Waals surface area contributed by atoms with Gasteiger partial charge in [0.25, 0.3) is 0 Å². The Kier molecular flexibility index (Phi) is 3.95. The number of rotatable bonds is 4. The van der Waals surface area contributed by atoms with Crippen molar-refractivity contribution in [1.29, 1.82) is 0 Å². The number of halogens is 1. The third kappa shape index (κ3) is 2.98. The minimum absolute atomic E-state index is 0.0300. The van der Waals surface area contributed by atoms with Gasteiger partial charge in [-0.25, -0.2) is 4.79 Å². The van der Waals surface area contributed by atoms with E-state index in [4.69, 9.17) is 9.52 Å². The molecule has 0 unspecified atom stereocenters. The van der Waals surface area contributed by atoms with Gasteiger partial charge in [0.15, 0.2) is 0 Å². The fraction of sp³-hybridized carbons (Fsp3) is 0.214. The molecule has 0 aliphatic carbocycles. The molecule has 0 spiro atoms. The predicted molar refractivity (Wildman–Crippen MR) is 76.6 cm³/mol. The number of hydrogen-bond acceptors (Lipinski definition) is 3. The smallest absolute Gasteiger partial charge is 0.371 e. The number of nitrogens with one attached hydrogen (secondary N) is 1. The lowest BCUT2D eigenvalue weighted by Crippen LogP contribution is -2.01. The molecule has 0 radical (unpaired) electrons. The number of hydrogen-bond donors (Lipinski definition) is 2. The van der Waals surface area contributed by atoms with Crippen LogP contribution >= 0.6 is 15.9 Å². The van der Waals surface area contributed by atoms with E-state index in [2.05, 4.69) is 21.2 Å². The molecule has 1 aromatic heterocycles. The van der Waals surface area contributed by atoms with Gasteiger partial charge in [0.2, 0.25) is 5.76 Å². The third-order valence-corrected chi connectivity index (χ3v) is 3.95. The van der Waals surface area contributed by atoms with E-state index >= 15 is 0 Å². The average Bonchev–Trinajstić information content (AvgIpc) is 2.73. The van der Waals surface area contributed by atoms with E-state index in [1.54, 1.807) is 13.0 Å². The first kappa shape index (κ1) is 13.7. The van der Waals surface area contributed by atoms with Crippen LogP contribution in [0.1, 0.15) is 27.4 Å². The summed E-state index contributed by atoms with van der Waals surface area (Å²) in [6.45, 7) is 4.29. The van der Waals surface area contributed by atoms with Gasteiger partial charge in [-0.2, -0.15) is 0 Å². The highest BCUT2D eigenvalue weighted by Gasteiger charge is 2.13. The Bertz CT molecular complexity index is 619. The summed E-state index contributed by atoms with van der Waals surface area (Å²) in [7, 11) is 0. The van der Waals surface area contributed by atoms with Crippen molar-refractivity contribution in [2.75, 3.05) is 5.32 Å². The number of furan rings is 1. The monoisotopic (exact) mass is 323 g/mol. The summed E-state index contributed by atoms with van der Waals surface area (Å²) in [6, 6.07) is 7.49. The van der Waals surface area contributed by atoms with Gasteiger partial charge >= 0.3 is 5.97 Å². The maximum atomic E-state index is 10.8. The zero-order valence-corrected chi connectivity index (χ0v) is 12.2. The van der Waals surface area contributed by atoms with Crippen molar-refractivity contribution in [3.05, 3.63) is 51.4 Å². The maximum absolute atomic E-state index is 10.8. The second-order valence-electron chi connectivity index (χ2n) is 4.29. The molecule has 0 saturated heterocycles. The van der Waals surface area contributed by atoms with E-state index in [0.717, 1.165) is 21.3 Å². The molecule has 0 amide bonds. The molecule has 1 aromatic carbocycles. The van der Waals surface area contributed by atoms with Gasteiger partial charge in [-0.05, 0) is 47.5 Å². The Morgan fingerprint density at radius 3 is 2.79 bits per heavy atom. The van der Waals surface area contributed by atoms with E-state index in [0.29, 0.717) is 12.3 Å². The van der Waals surface area contributed by atoms with Gasteiger partial charge < -0.3 is 14.8 Å². The quantitative estimate of drug-likeness (QED) is 0.893. The topological polar surface area (TPSA) is 62.5 Å². The molecule has 19 heavy (non-hydrogen) atoms. The summed E-state index contributed by atoms with van der Waals surface area (Å²) in [4.78, 5) is 10.8. The van der Waals surface area contributed by atoms with Gasteiger partial charge in [0.1, 0.15) is 5.76 Å². The third-order valence-electron chi connectivity index (χ3n) is 2.89. The van der Waals surface area contributed by atoms with Crippen LogP contribution in [-0.4, -0.2) is 11.1 Å². The zero-order valence-electron chi connectivity index (χ0n) is 10.7. The lowest BCUT2D eigenvalue weighted by Gasteiger charge is -2.09. The molecule has 0 saturated carbocycles. The largest absolute Gasteiger partial charge is 0.475 e. The molecule has 5 heteroatoms. The molecule has 2 rings (SSSR count). The second-order valence-corrected chi connectivity index (χ2v) is 5.08. The first-order chi connectivity index (χ1) is 8.99. The highest BCUT2D eigenvalue weighted by Crippen LogP contribution is 2.26. The van der Waals surface area contributed by atoms with Crippen molar-refractivity contribution in [3.63, 3.8) is 0 Å². The standard InChI is InChI=1S/C14H14BrNO3/c1-8-4-3-5-11(13(8)15)16-7-10-6-12(14(17)18)19-9(10)2/h3-6,16H,7H2,1-2H3,(H,17,18). The molecule has 0 atom stereocenters. The molecular weight excluding hydrogens is 310 g/mol. The molecule has 2 aromatic rings. The lowest BCUT2D eigenvalue weighted by molar-refractivity contribution is 0.0661. The molecule has 0 aliphatic rings. The molecule has 0 bridgehead atoms. The molecule has 0 fully saturated rings. The Balaban J connectivity index is 2.14. The van der Waals surface area contributed by atoms with Gasteiger partial charge in [-0.1, -0.05) is 12.1 Å². The Morgan fingerprint density at radius 1 is 1.42 bits per heavy atom. The molecule has 4 nitrogen and oxygen atoms in total. The number of anilines is 1. The zero-order chi connectivity index (χ0) is 14.0. The Labute approximate surface area is 119 Å². The molecule has 0 aliphatic heterocycles. The number of aromatic carboxylic acids is 1. The van der Waals surface area contributed by atoms with Crippen molar-refractivity contribution >= 4 is 27.6 Å². The fourth-order valence-corrected chi connectivity index (χ4v) is 2.18. The van der Waals surface area contributed by atoms with E-state index in [9.17, 15) is 4.79 Å². The summed E-state index contributed by atoms with van der Waals surface area (Å²) < 4.78 is 6.18. The van der Waals surface area contributed by atoms with Crippen LogP contribution in [-0.2, 0) is 6.54 Å². The molecule has 2 N–H and O–H groups in total. The SMILES string of the molecule is Cc1cccc(NCc2cc(C(=O)O)oc2C)c1Br. The van der Waals surface area contributed by atoms with Crippen molar-refractivity contribution < 1.29 is 14.3 Å². The summed E-state index contributed by atoms with van der Waals surface area (Å²) >= 11 is 3.52. The van der Waals surface area contributed by atoms with E-state index in [1.165, 1.54) is 0 Å². The Morgan fingerprint density at radius 2 is 2.16 bits per heavy atom. The summed E-state index contributed by atoms with van der Waals surface area (Å²) in [5.74, 6) is -0.461. The van der Waals surface area contributed by atoms with Crippen LogP contribution < -0.4 is 5.32 Å². The van der Waals surface area contributed by atoms with E-state index in [-0.39, 0.29) is 5.76 Å². The van der Waals surface area contributed by atoms with E-state index in [1.807, 2.05) is 25.1 Å². The van der Waals surface area contributed by atoms with Gasteiger partial charge in [-0.15, -0.1) is 0 Å².